The van der Waals surface area contributed by atoms with Crippen LogP contribution in [0.4, 0.5) is 0 Å². The first-order chi connectivity index (χ1) is 8.51. The summed E-state index contributed by atoms with van der Waals surface area (Å²) in [6.45, 7) is 2.09. The second-order valence-electron chi connectivity index (χ2n) is 4.88. The molecule has 5 heteroatoms. The lowest BCUT2D eigenvalue weighted by atomic mass is 9.90. The number of piperidine rings is 1. The van der Waals surface area contributed by atoms with Gasteiger partial charge in [-0.3, -0.25) is 0 Å². The zero-order valence-electron chi connectivity index (χ0n) is 10.9. The Morgan fingerprint density at radius 1 is 1.11 bits per heavy atom. The standard InChI is InChI=1S/C13H20N2O2S/c1-15(2)18(16,17)13-5-3-11(4-6-13)12-7-9-14-10-8-12/h3-6,12,14H,7-10H2,1-2H3. The van der Waals surface area contributed by atoms with Crippen molar-refractivity contribution < 1.29 is 8.42 Å². The maximum absolute atomic E-state index is 11.9. The summed E-state index contributed by atoms with van der Waals surface area (Å²) in [6, 6.07) is 7.33. The van der Waals surface area contributed by atoms with Crippen molar-refractivity contribution in [2.45, 2.75) is 23.7 Å². The number of nitrogens with zero attached hydrogens (tertiary/aromatic N) is 1. The largest absolute Gasteiger partial charge is 0.317 e. The maximum Gasteiger partial charge on any atom is 0.242 e. The Labute approximate surface area is 109 Å². The van der Waals surface area contributed by atoms with Crippen molar-refractivity contribution in [3.8, 4) is 0 Å². The summed E-state index contributed by atoms with van der Waals surface area (Å²) in [4.78, 5) is 0.366. The Morgan fingerprint density at radius 3 is 2.17 bits per heavy atom. The van der Waals surface area contributed by atoms with Crippen LogP contribution in [-0.4, -0.2) is 39.9 Å². The summed E-state index contributed by atoms with van der Waals surface area (Å²) < 4.78 is 25.1. The van der Waals surface area contributed by atoms with Crippen molar-refractivity contribution in [2.75, 3.05) is 27.2 Å². The number of sulfonamides is 1. The van der Waals surface area contributed by atoms with E-state index in [4.69, 9.17) is 0 Å². The van der Waals surface area contributed by atoms with Gasteiger partial charge in [-0.1, -0.05) is 12.1 Å². The average Bonchev–Trinajstić information content (AvgIpc) is 2.40. The van der Waals surface area contributed by atoms with Gasteiger partial charge >= 0.3 is 0 Å². The third-order valence-electron chi connectivity index (χ3n) is 3.47. The third kappa shape index (κ3) is 2.74. The average molecular weight is 268 g/mol. The first kappa shape index (κ1) is 13.5. The third-order valence-corrected chi connectivity index (χ3v) is 5.30. The Kier molecular flexibility index (Phi) is 4.04. The van der Waals surface area contributed by atoms with Gasteiger partial charge in [0.25, 0.3) is 0 Å². The molecule has 2 rings (SSSR count). The van der Waals surface area contributed by atoms with Crippen LogP contribution < -0.4 is 5.32 Å². The first-order valence-corrected chi connectivity index (χ1v) is 7.69. The molecule has 1 aliphatic heterocycles. The molecule has 4 nitrogen and oxygen atoms in total. The molecule has 1 heterocycles. The van der Waals surface area contributed by atoms with Crippen molar-refractivity contribution in [3.63, 3.8) is 0 Å². The predicted molar refractivity (Wildman–Crippen MR) is 72.2 cm³/mol. The predicted octanol–water partition coefficient (Wildman–Crippen LogP) is 1.40. The van der Waals surface area contributed by atoms with Crippen LogP contribution >= 0.6 is 0 Å². The van der Waals surface area contributed by atoms with Crippen molar-refractivity contribution >= 4 is 10.0 Å². The van der Waals surface area contributed by atoms with Crippen LogP contribution in [0.25, 0.3) is 0 Å². The van der Waals surface area contributed by atoms with E-state index in [1.807, 2.05) is 12.1 Å². The highest BCUT2D eigenvalue weighted by Crippen LogP contribution is 2.26. The van der Waals surface area contributed by atoms with Gasteiger partial charge in [0.2, 0.25) is 10.0 Å². The fraction of sp³-hybridized carbons (Fsp3) is 0.538. The van der Waals surface area contributed by atoms with Gasteiger partial charge in [-0.05, 0) is 49.5 Å². The Bertz CT molecular complexity index is 488. The van der Waals surface area contributed by atoms with Gasteiger partial charge in [0.05, 0.1) is 4.90 Å². The minimum atomic E-state index is -3.30. The molecule has 1 aliphatic rings. The first-order valence-electron chi connectivity index (χ1n) is 6.25. The van der Waals surface area contributed by atoms with Crippen molar-refractivity contribution in [1.29, 1.82) is 0 Å². The van der Waals surface area contributed by atoms with Gasteiger partial charge in [0, 0.05) is 14.1 Å². The van der Waals surface area contributed by atoms with Crippen LogP contribution in [-0.2, 0) is 10.0 Å². The van der Waals surface area contributed by atoms with E-state index in [-0.39, 0.29) is 0 Å². The number of hydrogen-bond acceptors (Lipinski definition) is 3. The maximum atomic E-state index is 11.9. The molecule has 1 N–H and O–H groups in total. The molecule has 1 aromatic carbocycles. The molecule has 1 saturated heterocycles. The van der Waals surface area contributed by atoms with Crippen molar-refractivity contribution in [3.05, 3.63) is 29.8 Å². The van der Waals surface area contributed by atoms with Crippen LogP contribution in [0.2, 0.25) is 0 Å². The highest BCUT2D eigenvalue weighted by molar-refractivity contribution is 7.89. The molecule has 0 atom stereocenters. The molecule has 0 radical (unpaired) electrons. The number of benzene rings is 1. The fourth-order valence-corrected chi connectivity index (χ4v) is 3.18. The molecule has 18 heavy (non-hydrogen) atoms. The van der Waals surface area contributed by atoms with Gasteiger partial charge < -0.3 is 5.32 Å². The number of nitrogens with one attached hydrogen (secondary N) is 1. The molecule has 0 unspecified atom stereocenters. The molecule has 0 saturated carbocycles. The lowest BCUT2D eigenvalue weighted by Crippen LogP contribution is -2.26. The minimum absolute atomic E-state index is 0.366. The van der Waals surface area contributed by atoms with E-state index in [2.05, 4.69) is 5.32 Å². The molecule has 1 aromatic rings. The van der Waals surface area contributed by atoms with Crippen molar-refractivity contribution in [1.82, 2.24) is 9.62 Å². The summed E-state index contributed by atoms with van der Waals surface area (Å²) in [5.74, 6) is 0.558. The molecular formula is C13H20N2O2S. The molecule has 0 bridgehead atoms. The molecule has 0 aliphatic carbocycles. The Balaban J connectivity index is 2.20. The van der Waals surface area contributed by atoms with Crippen LogP contribution in [0, 0.1) is 0 Å². The monoisotopic (exact) mass is 268 g/mol. The van der Waals surface area contributed by atoms with E-state index >= 15 is 0 Å². The normalized spacial score (nSPS) is 18.2. The van der Waals surface area contributed by atoms with Crippen LogP contribution in [0.3, 0.4) is 0 Å². The summed E-state index contributed by atoms with van der Waals surface area (Å²) in [5.41, 5.74) is 1.24. The molecule has 0 spiro atoms. The van der Waals surface area contributed by atoms with Crippen LogP contribution in [0.1, 0.15) is 24.3 Å². The van der Waals surface area contributed by atoms with E-state index in [0.717, 1.165) is 25.9 Å². The van der Waals surface area contributed by atoms with Gasteiger partial charge in [-0.25, -0.2) is 12.7 Å². The molecule has 100 valence electrons. The zero-order valence-corrected chi connectivity index (χ0v) is 11.7. The summed E-state index contributed by atoms with van der Waals surface area (Å²) in [5, 5.41) is 3.33. The molecule has 0 amide bonds. The zero-order chi connectivity index (χ0) is 13.2. The Hall–Kier alpha value is -0.910. The van der Waals surface area contributed by atoms with E-state index in [1.54, 1.807) is 26.2 Å². The molecule has 0 aromatic heterocycles. The number of hydrogen-bond donors (Lipinski definition) is 1. The highest BCUT2D eigenvalue weighted by atomic mass is 32.2. The molecule has 1 fully saturated rings. The van der Waals surface area contributed by atoms with E-state index < -0.39 is 10.0 Å². The summed E-state index contributed by atoms with van der Waals surface area (Å²) in [7, 11) is -0.200. The molecular weight excluding hydrogens is 248 g/mol. The van der Waals surface area contributed by atoms with Gasteiger partial charge in [-0.2, -0.15) is 0 Å². The van der Waals surface area contributed by atoms with E-state index in [1.165, 1.54) is 9.87 Å². The van der Waals surface area contributed by atoms with Gasteiger partial charge in [-0.15, -0.1) is 0 Å². The summed E-state index contributed by atoms with van der Waals surface area (Å²) in [6.07, 6.45) is 2.25. The Morgan fingerprint density at radius 2 is 1.67 bits per heavy atom. The number of rotatable bonds is 3. The van der Waals surface area contributed by atoms with E-state index in [9.17, 15) is 8.42 Å². The lowest BCUT2D eigenvalue weighted by Gasteiger charge is -2.23. The fourth-order valence-electron chi connectivity index (χ4n) is 2.28. The highest BCUT2D eigenvalue weighted by Gasteiger charge is 2.19. The van der Waals surface area contributed by atoms with Crippen molar-refractivity contribution in [2.24, 2.45) is 0 Å². The quantitative estimate of drug-likeness (QED) is 0.901. The van der Waals surface area contributed by atoms with Crippen LogP contribution in [0.5, 0.6) is 0 Å². The summed E-state index contributed by atoms with van der Waals surface area (Å²) >= 11 is 0. The minimum Gasteiger partial charge on any atom is -0.317 e. The topological polar surface area (TPSA) is 49.4 Å². The van der Waals surface area contributed by atoms with E-state index in [0.29, 0.717) is 10.8 Å². The smallest absolute Gasteiger partial charge is 0.242 e. The van der Waals surface area contributed by atoms with Gasteiger partial charge in [0.15, 0.2) is 0 Å². The second-order valence-corrected chi connectivity index (χ2v) is 7.03. The van der Waals surface area contributed by atoms with Crippen LogP contribution in [0.15, 0.2) is 29.2 Å². The second kappa shape index (κ2) is 5.38. The lowest BCUT2D eigenvalue weighted by molar-refractivity contribution is 0.460. The SMILES string of the molecule is CN(C)S(=O)(=O)c1ccc(C2CCNCC2)cc1. The van der Waals surface area contributed by atoms with Gasteiger partial charge in [0.1, 0.15) is 0 Å².